The summed E-state index contributed by atoms with van der Waals surface area (Å²) in [7, 11) is 0. The molecule has 2 amide bonds. The molecule has 0 saturated carbocycles. The quantitative estimate of drug-likeness (QED) is 0.135. The van der Waals surface area contributed by atoms with Crippen molar-refractivity contribution in [2.75, 3.05) is 0 Å². The van der Waals surface area contributed by atoms with Gasteiger partial charge in [0.25, 0.3) is 0 Å². The second kappa shape index (κ2) is 16.6. The van der Waals surface area contributed by atoms with Crippen molar-refractivity contribution in [1.29, 1.82) is 0 Å². The third-order valence-electron chi connectivity index (χ3n) is 8.76. The zero-order valence-corrected chi connectivity index (χ0v) is 28.6. The van der Waals surface area contributed by atoms with Gasteiger partial charge < -0.3 is 29.9 Å². The summed E-state index contributed by atoms with van der Waals surface area (Å²) in [5.74, 6) is 0.579. The number of rotatable bonds is 14. The number of carbonyl (C=O) groups is 2. The van der Waals surface area contributed by atoms with E-state index in [0.29, 0.717) is 32.4 Å². The lowest BCUT2D eigenvalue weighted by molar-refractivity contribution is -0.137. The highest BCUT2D eigenvalue weighted by Crippen LogP contribution is 2.37. The predicted molar refractivity (Wildman–Crippen MR) is 190 cm³/mol. The largest absolute Gasteiger partial charge is 0.489 e. The minimum Gasteiger partial charge on any atom is -0.489 e. The molecule has 0 bridgehead atoms. The topological polar surface area (TPSA) is 108 Å². The number of amides is 2. The Kier molecular flexibility index (Phi) is 12.1. The Morgan fingerprint density at radius 3 is 2.14 bits per heavy atom. The molecular formula is C41H48N2O6. The van der Waals surface area contributed by atoms with E-state index in [1.807, 2.05) is 109 Å². The third kappa shape index (κ3) is 10.4. The molecule has 3 N–H and O–H groups in total. The molecule has 0 fully saturated rings. The molecule has 1 aliphatic carbocycles. The average molecular weight is 665 g/mol. The number of ether oxygens (including phenoxy) is 2. The van der Waals surface area contributed by atoms with E-state index in [4.69, 9.17) is 9.47 Å². The molecule has 8 heteroatoms. The number of nitrogens with one attached hydrogen (secondary N) is 1. The van der Waals surface area contributed by atoms with Gasteiger partial charge in [-0.05, 0) is 80.0 Å². The molecule has 1 aliphatic rings. The molecule has 4 aromatic carbocycles. The summed E-state index contributed by atoms with van der Waals surface area (Å²) < 4.78 is 11.4. The first-order chi connectivity index (χ1) is 23.6. The van der Waals surface area contributed by atoms with E-state index in [-0.39, 0.29) is 18.7 Å². The highest BCUT2D eigenvalue weighted by molar-refractivity contribution is 5.77. The summed E-state index contributed by atoms with van der Waals surface area (Å²) in [5.41, 5.74) is 4.33. The lowest BCUT2D eigenvalue weighted by Gasteiger charge is -2.33. The fourth-order valence-electron chi connectivity index (χ4n) is 6.30. The minimum absolute atomic E-state index is 0.0410. The molecule has 49 heavy (non-hydrogen) atoms. The van der Waals surface area contributed by atoms with Crippen LogP contribution in [-0.2, 0) is 35.5 Å². The summed E-state index contributed by atoms with van der Waals surface area (Å²) >= 11 is 0. The predicted octanol–water partition coefficient (Wildman–Crippen LogP) is 6.92. The van der Waals surface area contributed by atoms with Gasteiger partial charge in [-0.25, -0.2) is 4.79 Å². The Morgan fingerprint density at radius 2 is 1.47 bits per heavy atom. The van der Waals surface area contributed by atoms with E-state index in [1.165, 1.54) is 0 Å². The highest BCUT2D eigenvalue weighted by atomic mass is 16.6. The number of nitrogens with zero attached hydrogens (tertiary/aromatic N) is 1. The fourth-order valence-corrected chi connectivity index (χ4v) is 6.30. The number of hydrogen-bond acceptors (Lipinski definition) is 6. The number of alkyl carbamates (subject to hydrolysis) is 1. The van der Waals surface area contributed by atoms with Crippen LogP contribution in [0.5, 0.6) is 5.75 Å². The minimum atomic E-state index is -1.01. The molecule has 0 radical (unpaired) electrons. The van der Waals surface area contributed by atoms with Crippen LogP contribution in [0.25, 0.3) is 0 Å². The van der Waals surface area contributed by atoms with E-state index >= 15 is 0 Å². The Hall–Kier alpha value is -4.66. The molecule has 0 saturated heterocycles. The molecule has 258 valence electrons. The molecule has 4 aromatic rings. The van der Waals surface area contributed by atoms with Crippen LogP contribution in [0.1, 0.15) is 73.9 Å². The zero-order chi connectivity index (χ0) is 34.8. The average Bonchev–Trinajstić information content (AvgIpc) is 3.42. The molecule has 0 heterocycles. The van der Waals surface area contributed by atoms with E-state index in [0.717, 1.165) is 33.6 Å². The maximum atomic E-state index is 14.0. The van der Waals surface area contributed by atoms with Crippen LogP contribution in [0.3, 0.4) is 0 Å². The molecule has 0 aliphatic heterocycles. The molecule has 4 atom stereocenters. The fraction of sp³-hybridized carbons (Fsp3) is 0.366. The van der Waals surface area contributed by atoms with Crippen molar-refractivity contribution in [3.63, 3.8) is 0 Å². The summed E-state index contributed by atoms with van der Waals surface area (Å²) in [6.45, 7) is 6.16. The van der Waals surface area contributed by atoms with Crippen LogP contribution < -0.4 is 10.1 Å². The van der Waals surface area contributed by atoms with Crippen LogP contribution in [0.4, 0.5) is 4.79 Å². The number of aliphatic hydroxyl groups is 2. The number of benzene rings is 4. The molecule has 0 spiro atoms. The summed E-state index contributed by atoms with van der Waals surface area (Å²) in [6, 6.07) is 34.2. The van der Waals surface area contributed by atoms with Crippen LogP contribution in [0.2, 0.25) is 0 Å². The van der Waals surface area contributed by atoms with E-state index in [9.17, 15) is 19.8 Å². The summed E-state index contributed by atoms with van der Waals surface area (Å²) in [6.07, 6.45) is -0.707. The monoisotopic (exact) mass is 664 g/mol. The van der Waals surface area contributed by atoms with Crippen molar-refractivity contribution in [2.45, 2.75) is 95.9 Å². The van der Waals surface area contributed by atoms with Crippen molar-refractivity contribution < 1.29 is 29.3 Å². The highest BCUT2D eigenvalue weighted by Gasteiger charge is 2.38. The van der Waals surface area contributed by atoms with Crippen molar-refractivity contribution in [3.8, 4) is 5.75 Å². The van der Waals surface area contributed by atoms with Crippen LogP contribution in [-0.4, -0.2) is 51.0 Å². The Bertz CT molecular complexity index is 1640. The van der Waals surface area contributed by atoms with Crippen molar-refractivity contribution in [2.24, 2.45) is 0 Å². The van der Waals surface area contributed by atoms with Crippen molar-refractivity contribution in [3.05, 3.63) is 137 Å². The normalized spacial score (nSPS) is 16.7. The van der Waals surface area contributed by atoms with Gasteiger partial charge in [0.15, 0.2) is 0 Å². The number of aryl methyl sites for hydroxylation is 1. The SMILES string of the molecule is CC(C)(C)OC(=O)N[C@@H](CCc1ccc(OCc2ccccc2)cc1)[C@@H](O)CCC(=O)N(Cc1ccccc1)[C@@H]1c2ccccc2C[C@H]1O. The van der Waals surface area contributed by atoms with E-state index < -0.39 is 36.0 Å². The Labute approximate surface area is 289 Å². The first-order valence-corrected chi connectivity index (χ1v) is 17.1. The number of hydrogen-bond donors (Lipinski definition) is 3. The van der Waals surface area contributed by atoms with Gasteiger partial charge in [-0.15, -0.1) is 0 Å². The van der Waals surface area contributed by atoms with E-state index in [2.05, 4.69) is 5.32 Å². The van der Waals surface area contributed by atoms with Gasteiger partial charge in [-0.2, -0.15) is 0 Å². The maximum absolute atomic E-state index is 14.0. The maximum Gasteiger partial charge on any atom is 0.407 e. The van der Waals surface area contributed by atoms with Gasteiger partial charge in [-0.3, -0.25) is 4.79 Å². The summed E-state index contributed by atoms with van der Waals surface area (Å²) in [4.78, 5) is 28.5. The van der Waals surface area contributed by atoms with Gasteiger partial charge in [-0.1, -0.05) is 97.1 Å². The lowest BCUT2D eigenvalue weighted by atomic mass is 9.97. The number of fused-ring (bicyclic) bond motifs is 1. The van der Waals surface area contributed by atoms with Gasteiger partial charge >= 0.3 is 6.09 Å². The number of carbonyl (C=O) groups excluding carboxylic acids is 2. The van der Waals surface area contributed by atoms with E-state index in [1.54, 1.807) is 25.7 Å². The van der Waals surface area contributed by atoms with Crippen LogP contribution >= 0.6 is 0 Å². The second-order valence-corrected chi connectivity index (χ2v) is 13.7. The molecule has 8 nitrogen and oxygen atoms in total. The lowest BCUT2D eigenvalue weighted by Crippen LogP contribution is -2.46. The molecular weight excluding hydrogens is 616 g/mol. The molecule has 0 unspecified atom stereocenters. The standard InChI is InChI=1S/C41H48N2O6/c1-41(2,3)49-40(47)42-35(23-20-29-18-21-33(22-19-29)48-28-31-14-8-5-9-15-31)36(44)24-25-38(46)43(27-30-12-6-4-7-13-30)39-34-17-11-10-16-32(34)26-37(39)45/h4-19,21-22,35-37,39,44-45H,20,23-28H2,1-3H3,(H,42,47)/t35-,36-,37+,39+/m0/s1. The van der Waals surface area contributed by atoms with Gasteiger partial charge in [0.2, 0.25) is 5.91 Å². The second-order valence-electron chi connectivity index (χ2n) is 13.7. The van der Waals surface area contributed by atoms with Gasteiger partial charge in [0.1, 0.15) is 18.0 Å². The van der Waals surface area contributed by atoms with Gasteiger partial charge in [0, 0.05) is 19.4 Å². The van der Waals surface area contributed by atoms with Gasteiger partial charge in [0.05, 0.1) is 24.3 Å². The first kappa shape index (κ1) is 35.6. The van der Waals surface area contributed by atoms with Crippen LogP contribution in [0.15, 0.2) is 109 Å². The van der Waals surface area contributed by atoms with Crippen molar-refractivity contribution in [1.82, 2.24) is 10.2 Å². The Balaban J connectivity index is 1.25. The number of aliphatic hydroxyl groups excluding tert-OH is 2. The molecule has 0 aromatic heterocycles. The smallest absolute Gasteiger partial charge is 0.407 e. The zero-order valence-electron chi connectivity index (χ0n) is 28.6. The van der Waals surface area contributed by atoms with Crippen molar-refractivity contribution >= 4 is 12.0 Å². The molecule has 5 rings (SSSR count). The first-order valence-electron chi connectivity index (χ1n) is 17.1. The Morgan fingerprint density at radius 1 is 0.837 bits per heavy atom. The third-order valence-corrected chi connectivity index (χ3v) is 8.76. The summed E-state index contributed by atoms with van der Waals surface area (Å²) in [5, 5.41) is 25.4. The van der Waals surface area contributed by atoms with Crippen LogP contribution in [0, 0.1) is 0 Å².